The van der Waals surface area contributed by atoms with Crippen molar-refractivity contribution in [3.05, 3.63) is 24.0 Å². The van der Waals surface area contributed by atoms with Crippen LogP contribution in [0.2, 0.25) is 0 Å². The Morgan fingerprint density at radius 1 is 1.50 bits per heavy atom. The fourth-order valence-corrected chi connectivity index (χ4v) is 3.05. The summed E-state index contributed by atoms with van der Waals surface area (Å²) in [6.45, 7) is 0.959. The molecule has 0 unspecified atom stereocenters. The molecule has 1 fully saturated rings. The van der Waals surface area contributed by atoms with E-state index in [2.05, 4.69) is 16.4 Å². The molecule has 4 heteroatoms. The van der Waals surface area contributed by atoms with Crippen LogP contribution in [-0.4, -0.2) is 23.0 Å². The summed E-state index contributed by atoms with van der Waals surface area (Å²) >= 11 is 2.04. The number of nitrogens with zero attached hydrogens (tertiary/aromatic N) is 2. The minimum Gasteiger partial charge on any atom is -0.382 e. The highest BCUT2D eigenvalue weighted by Gasteiger charge is 2.13. The van der Waals surface area contributed by atoms with E-state index in [0.717, 1.165) is 18.2 Å². The van der Waals surface area contributed by atoms with Gasteiger partial charge in [-0.1, -0.05) is 0 Å². The molecule has 0 aliphatic carbocycles. The van der Waals surface area contributed by atoms with Crippen LogP contribution in [0, 0.1) is 17.2 Å². The molecule has 0 radical (unpaired) electrons. The van der Waals surface area contributed by atoms with E-state index in [1.54, 1.807) is 6.20 Å². The van der Waals surface area contributed by atoms with Gasteiger partial charge in [0, 0.05) is 12.7 Å². The molecule has 1 saturated heterocycles. The molecular formula is C12H15N3S. The number of thioether (sulfide) groups is 1. The predicted octanol–water partition coefficient (Wildman–Crippen LogP) is 2.51. The lowest BCUT2D eigenvalue weighted by molar-refractivity contribution is 0.516. The average Bonchev–Trinajstić information content (AvgIpc) is 2.38. The minimum atomic E-state index is 0.493. The summed E-state index contributed by atoms with van der Waals surface area (Å²) in [5.74, 6) is 3.28. The van der Waals surface area contributed by atoms with Crippen molar-refractivity contribution in [2.24, 2.45) is 5.92 Å². The Kier molecular flexibility index (Phi) is 4.06. The Morgan fingerprint density at radius 3 is 3.06 bits per heavy atom. The van der Waals surface area contributed by atoms with E-state index in [1.807, 2.05) is 23.9 Å². The monoisotopic (exact) mass is 233 g/mol. The molecule has 0 spiro atoms. The van der Waals surface area contributed by atoms with Gasteiger partial charge in [0.2, 0.25) is 0 Å². The van der Waals surface area contributed by atoms with Crippen molar-refractivity contribution >= 4 is 17.4 Å². The van der Waals surface area contributed by atoms with Gasteiger partial charge in [-0.2, -0.15) is 17.0 Å². The van der Waals surface area contributed by atoms with Gasteiger partial charge in [-0.3, -0.25) is 0 Å². The minimum absolute atomic E-state index is 0.493. The largest absolute Gasteiger partial charge is 0.382 e. The summed E-state index contributed by atoms with van der Waals surface area (Å²) in [6, 6.07) is 5.89. The zero-order chi connectivity index (χ0) is 11.2. The maximum Gasteiger partial charge on any atom is 0.163 e. The van der Waals surface area contributed by atoms with Gasteiger partial charge in [0.1, 0.15) is 6.07 Å². The zero-order valence-corrected chi connectivity index (χ0v) is 9.96. The van der Waals surface area contributed by atoms with Gasteiger partial charge in [-0.25, -0.2) is 4.98 Å². The maximum absolute atomic E-state index is 8.90. The molecule has 2 rings (SSSR count). The second-order valence-corrected chi connectivity index (χ2v) is 5.17. The van der Waals surface area contributed by atoms with Crippen molar-refractivity contribution in [2.45, 2.75) is 12.8 Å². The number of aromatic nitrogens is 1. The molecule has 0 saturated carbocycles. The van der Waals surface area contributed by atoms with Crippen molar-refractivity contribution in [2.75, 3.05) is 23.4 Å². The van der Waals surface area contributed by atoms with E-state index in [9.17, 15) is 0 Å². The van der Waals surface area contributed by atoms with Crippen molar-refractivity contribution < 1.29 is 0 Å². The van der Waals surface area contributed by atoms with E-state index in [1.165, 1.54) is 24.3 Å². The number of anilines is 1. The third-order valence-corrected chi connectivity index (χ3v) is 3.88. The van der Waals surface area contributed by atoms with Crippen LogP contribution in [0.3, 0.4) is 0 Å². The Hall–Kier alpha value is -1.21. The molecule has 0 bridgehead atoms. The molecule has 0 amide bonds. The highest BCUT2D eigenvalue weighted by atomic mass is 32.2. The van der Waals surface area contributed by atoms with E-state index in [4.69, 9.17) is 5.26 Å². The number of pyridine rings is 1. The highest BCUT2D eigenvalue weighted by molar-refractivity contribution is 7.99. The Bertz CT molecular complexity index is 380. The number of nitriles is 1. The molecule has 2 heterocycles. The molecule has 1 aliphatic rings. The predicted molar refractivity (Wildman–Crippen MR) is 67.5 cm³/mol. The summed E-state index contributed by atoms with van der Waals surface area (Å²) in [7, 11) is 0. The fourth-order valence-electron chi connectivity index (χ4n) is 1.84. The van der Waals surface area contributed by atoms with Crippen molar-refractivity contribution in [1.82, 2.24) is 4.98 Å². The van der Waals surface area contributed by atoms with Crippen LogP contribution >= 0.6 is 11.8 Å². The van der Waals surface area contributed by atoms with Crippen molar-refractivity contribution in [1.29, 1.82) is 5.26 Å². The number of rotatable bonds is 3. The van der Waals surface area contributed by atoms with Gasteiger partial charge < -0.3 is 5.32 Å². The first-order valence-corrected chi connectivity index (χ1v) is 6.72. The summed E-state index contributed by atoms with van der Waals surface area (Å²) in [5.41, 5.74) is 1.36. The van der Waals surface area contributed by atoms with Gasteiger partial charge in [-0.05, 0) is 42.4 Å². The normalized spacial score (nSPS) is 16.7. The Morgan fingerprint density at radius 2 is 2.31 bits per heavy atom. The first-order valence-electron chi connectivity index (χ1n) is 5.57. The van der Waals surface area contributed by atoms with Gasteiger partial charge in [-0.15, -0.1) is 0 Å². The third-order valence-electron chi connectivity index (χ3n) is 2.84. The van der Waals surface area contributed by atoms with Gasteiger partial charge >= 0.3 is 0 Å². The summed E-state index contributed by atoms with van der Waals surface area (Å²) in [4.78, 5) is 4.03. The summed E-state index contributed by atoms with van der Waals surface area (Å²) < 4.78 is 0. The lowest BCUT2D eigenvalue weighted by Crippen LogP contribution is -2.19. The van der Waals surface area contributed by atoms with E-state index in [0.29, 0.717) is 5.69 Å². The van der Waals surface area contributed by atoms with Crippen LogP contribution in [-0.2, 0) is 0 Å². The molecular weight excluding hydrogens is 218 g/mol. The molecule has 1 aromatic heterocycles. The first-order chi connectivity index (χ1) is 7.90. The number of nitrogens with one attached hydrogen (secondary N) is 1. The van der Waals surface area contributed by atoms with Crippen LogP contribution < -0.4 is 5.32 Å². The molecule has 16 heavy (non-hydrogen) atoms. The van der Waals surface area contributed by atoms with Gasteiger partial charge in [0.05, 0.1) is 5.69 Å². The summed E-state index contributed by atoms with van der Waals surface area (Å²) in [6.07, 6.45) is 4.21. The van der Waals surface area contributed by atoms with Crippen LogP contribution in [0.15, 0.2) is 18.3 Å². The lowest BCUT2D eigenvalue weighted by atomic mass is 10.0. The SMILES string of the molecule is N#Cc1ncccc1NCC1CCSCC1. The molecule has 3 nitrogen and oxygen atoms in total. The molecule has 1 aromatic rings. The molecule has 0 aromatic carbocycles. The van der Waals surface area contributed by atoms with E-state index < -0.39 is 0 Å². The first kappa shape index (κ1) is 11.3. The molecule has 1 N–H and O–H groups in total. The average molecular weight is 233 g/mol. The summed E-state index contributed by atoms with van der Waals surface area (Å²) in [5, 5.41) is 12.2. The number of hydrogen-bond donors (Lipinski definition) is 1. The molecule has 84 valence electrons. The van der Waals surface area contributed by atoms with E-state index >= 15 is 0 Å². The van der Waals surface area contributed by atoms with Crippen molar-refractivity contribution in [3.63, 3.8) is 0 Å². The van der Waals surface area contributed by atoms with Crippen molar-refractivity contribution in [3.8, 4) is 6.07 Å². The topological polar surface area (TPSA) is 48.7 Å². The van der Waals surface area contributed by atoms with Gasteiger partial charge in [0.15, 0.2) is 5.69 Å². The molecule has 0 atom stereocenters. The second-order valence-electron chi connectivity index (χ2n) is 3.95. The van der Waals surface area contributed by atoms with Gasteiger partial charge in [0.25, 0.3) is 0 Å². The highest BCUT2D eigenvalue weighted by Crippen LogP contribution is 2.23. The smallest absolute Gasteiger partial charge is 0.163 e. The Balaban J connectivity index is 1.91. The fraction of sp³-hybridized carbons (Fsp3) is 0.500. The third kappa shape index (κ3) is 2.89. The maximum atomic E-state index is 8.90. The Labute approximate surface area is 100 Å². The van der Waals surface area contributed by atoms with Crippen LogP contribution in [0.5, 0.6) is 0 Å². The van der Waals surface area contributed by atoms with E-state index in [-0.39, 0.29) is 0 Å². The van der Waals surface area contributed by atoms with Crippen LogP contribution in [0.25, 0.3) is 0 Å². The van der Waals surface area contributed by atoms with Crippen LogP contribution in [0.4, 0.5) is 5.69 Å². The second kappa shape index (κ2) is 5.76. The quantitative estimate of drug-likeness (QED) is 0.871. The van der Waals surface area contributed by atoms with Crippen LogP contribution in [0.1, 0.15) is 18.5 Å². The zero-order valence-electron chi connectivity index (χ0n) is 9.15. The standard InChI is InChI=1S/C12H15N3S/c13-8-12-11(2-1-5-14-12)15-9-10-3-6-16-7-4-10/h1-2,5,10,15H,3-4,6-7,9H2. The number of hydrogen-bond acceptors (Lipinski definition) is 4. The molecule has 1 aliphatic heterocycles. The lowest BCUT2D eigenvalue weighted by Gasteiger charge is -2.22.